The molecule has 244 valence electrons. The van der Waals surface area contributed by atoms with Crippen molar-refractivity contribution in [3.8, 4) is 11.3 Å². The minimum atomic E-state index is -1.36. The molecule has 0 spiro atoms. The Morgan fingerprint density at radius 1 is 0.891 bits per heavy atom. The molecular formula is C33H45N11O2. The number of piperidine rings is 1. The van der Waals surface area contributed by atoms with Crippen molar-refractivity contribution in [1.82, 2.24) is 34.7 Å². The predicted molar refractivity (Wildman–Crippen MR) is 180 cm³/mol. The molecule has 0 amide bonds. The SMILES string of the molecule is CN1CCN(C2CCN(c3ccc(Nc4nc(N[C@H]5CC[C@H](O)CC5)c(-c5ccnc6[nH]cnc56)nc4C(N)O)cc3)CC2)CC1. The second-order valence-corrected chi connectivity index (χ2v) is 12.9. The largest absolute Gasteiger partial charge is 0.393 e. The average Bonchev–Trinajstić information content (AvgIpc) is 3.56. The summed E-state index contributed by atoms with van der Waals surface area (Å²) in [5, 5.41) is 27.7. The van der Waals surface area contributed by atoms with Gasteiger partial charge >= 0.3 is 0 Å². The molecule has 3 aliphatic rings. The lowest BCUT2D eigenvalue weighted by atomic mass is 9.93. The number of piperazine rings is 1. The van der Waals surface area contributed by atoms with Crippen molar-refractivity contribution in [1.29, 1.82) is 0 Å². The summed E-state index contributed by atoms with van der Waals surface area (Å²) in [7, 11) is 2.21. The number of hydrogen-bond donors (Lipinski definition) is 6. The van der Waals surface area contributed by atoms with Crippen LogP contribution in [0.3, 0.4) is 0 Å². The van der Waals surface area contributed by atoms with Crippen LogP contribution in [0.5, 0.6) is 0 Å². The Balaban J connectivity index is 1.12. The van der Waals surface area contributed by atoms with E-state index in [4.69, 9.17) is 15.7 Å². The minimum absolute atomic E-state index is 0.120. The lowest BCUT2D eigenvalue weighted by Crippen LogP contribution is -2.52. The standard InChI is InChI=1S/C33H45N11O2/c1-42-16-18-44(19-17-42)24-11-14-43(15-12-24)23-6-2-21(3-7-23)39-33-29(30(34)46)40-28(26-10-13-35-31-27(26)36-20-37-31)32(41-33)38-22-4-8-25(45)9-5-22/h2-3,6-7,10,13,20,22,24-25,30,45-46H,4-5,8-9,11-12,14-19,34H2,1H3,(H,35,36,37)(H2,38,39,41)/t22-,25-,30?. The number of fused-ring (bicyclic) bond motifs is 1. The fourth-order valence-electron chi connectivity index (χ4n) is 7.06. The van der Waals surface area contributed by atoms with E-state index in [9.17, 15) is 10.2 Å². The summed E-state index contributed by atoms with van der Waals surface area (Å²) in [6.07, 6.45) is 7.10. The molecule has 4 aromatic rings. The molecule has 1 aromatic carbocycles. The molecule has 1 atom stereocenters. The molecule has 13 heteroatoms. The van der Waals surface area contributed by atoms with Crippen LogP contribution in [0.15, 0.2) is 42.9 Å². The fourth-order valence-corrected chi connectivity index (χ4v) is 7.06. The van der Waals surface area contributed by atoms with Crippen molar-refractivity contribution >= 4 is 34.2 Å². The summed E-state index contributed by atoms with van der Waals surface area (Å²) in [6.45, 7) is 6.75. The zero-order valence-corrected chi connectivity index (χ0v) is 26.4. The zero-order valence-electron chi connectivity index (χ0n) is 26.4. The van der Waals surface area contributed by atoms with Crippen LogP contribution in [0.1, 0.15) is 50.4 Å². The van der Waals surface area contributed by atoms with Gasteiger partial charge < -0.3 is 41.4 Å². The Kier molecular flexibility index (Phi) is 9.00. The van der Waals surface area contributed by atoms with Gasteiger partial charge in [-0.25, -0.2) is 19.9 Å². The van der Waals surface area contributed by atoms with Gasteiger partial charge in [0.05, 0.1) is 12.4 Å². The van der Waals surface area contributed by atoms with Crippen LogP contribution in [-0.4, -0.2) is 109 Å². The Bertz CT molecular complexity index is 1600. The monoisotopic (exact) mass is 627 g/mol. The molecule has 7 rings (SSSR count). The van der Waals surface area contributed by atoms with E-state index in [1.165, 1.54) is 31.6 Å². The highest BCUT2D eigenvalue weighted by Crippen LogP contribution is 2.35. The van der Waals surface area contributed by atoms with Crippen molar-refractivity contribution in [2.24, 2.45) is 5.73 Å². The van der Waals surface area contributed by atoms with Crippen LogP contribution in [0, 0.1) is 0 Å². The summed E-state index contributed by atoms with van der Waals surface area (Å²) >= 11 is 0. The first kappa shape index (κ1) is 30.8. The van der Waals surface area contributed by atoms with Gasteiger partial charge in [0.2, 0.25) is 0 Å². The highest BCUT2D eigenvalue weighted by atomic mass is 16.3. The smallest absolute Gasteiger partial charge is 0.158 e. The van der Waals surface area contributed by atoms with Crippen LogP contribution in [0.25, 0.3) is 22.4 Å². The van der Waals surface area contributed by atoms with Crippen LogP contribution < -0.4 is 21.3 Å². The van der Waals surface area contributed by atoms with Gasteiger partial charge in [-0.1, -0.05) is 0 Å². The molecule has 1 aliphatic carbocycles. The van der Waals surface area contributed by atoms with E-state index in [0.29, 0.717) is 34.5 Å². The first-order chi connectivity index (χ1) is 22.4. The Labute approximate surface area is 269 Å². The third kappa shape index (κ3) is 6.65. The summed E-state index contributed by atoms with van der Waals surface area (Å²) in [5.41, 5.74) is 10.9. The third-order valence-corrected chi connectivity index (χ3v) is 9.83. The lowest BCUT2D eigenvalue weighted by Gasteiger charge is -2.42. The molecule has 1 saturated carbocycles. The van der Waals surface area contributed by atoms with E-state index in [2.05, 4.69) is 59.5 Å². The van der Waals surface area contributed by atoms with Crippen LogP contribution in [0.4, 0.5) is 23.0 Å². The summed E-state index contributed by atoms with van der Waals surface area (Å²) < 4.78 is 0. The van der Waals surface area contributed by atoms with Gasteiger partial charge in [0.15, 0.2) is 17.3 Å². The summed E-state index contributed by atoms with van der Waals surface area (Å²) in [4.78, 5) is 29.3. The van der Waals surface area contributed by atoms with Crippen molar-refractivity contribution in [3.63, 3.8) is 0 Å². The molecule has 1 unspecified atom stereocenters. The van der Waals surface area contributed by atoms with Gasteiger partial charge in [-0.3, -0.25) is 4.90 Å². The molecule has 46 heavy (non-hydrogen) atoms. The molecule has 7 N–H and O–H groups in total. The second kappa shape index (κ2) is 13.5. The number of aliphatic hydroxyl groups is 2. The molecule has 5 heterocycles. The first-order valence-electron chi connectivity index (χ1n) is 16.5. The van der Waals surface area contributed by atoms with Crippen molar-refractivity contribution in [3.05, 3.63) is 48.5 Å². The molecule has 3 fully saturated rings. The molecule has 2 saturated heterocycles. The van der Waals surface area contributed by atoms with E-state index in [0.717, 1.165) is 63.1 Å². The Hall–Kier alpha value is -3.88. The zero-order chi connectivity index (χ0) is 31.6. The van der Waals surface area contributed by atoms with Crippen molar-refractivity contribution < 1.29 is 10.2 Å². The average molecular weight is 628 g/mol. The number of nitrogens with one attached hydrogen (secondary N) is 3. The van der Waals surface area contributed by atoms with Crippen LogP contribution in [0.2, 0.25) is 0 Å². The highest BCUT2D eigenvalue weighted by molar-refractivity contribution is 5.92. The minimum Gasteiger partial charge on any atom is -0.393 e. The number of imidazole rings is 1. The van der Waals surface area contributed by atoms with E-state index >= 15 is 0 Å². The number of rotatable bonds is 8. The normalized spacial score (nSPS) is 22.7. The number of benzene rings is 1. The van der Waals surface area contributed by atoms with Crippen molar-refractivity contribution in [2.45, 2.75) is 62.9 Å². The topological polar surface area (TPSA) is 168 Å². The molecule has 0 bridgehead atoms. The number of nitrogens with zero attached hydrogens (tertiary/aromatic N) is 7. The van der Waals surface area contributed by atoms with E-state index in [1.54, 1.807) is 12.5 Å². The van der Waals surface area contributed by atoms with E-state index < -0.39 is 6.23 Å². The van der Waals surface area contributed by atoms with Gasteiger partial charge in [0.1, 0.15) is 23.1 Å². The quantitative estimate of drug-likeness (QED) is 0.158. The van der Waals surface area contributed by atoms with Crippen LogP contribution in [-0.2, 0) is 0 Å². The number of nitrogens with two attached hydrogens (primary N) is 1. The van der Waals surface area contributed by atoms with Gasteiger partial charge in [-0.15, -0.1) is 0 Å². The lowest BCUT2D eigenvalue weighted by molar-refractivity contribution is 0.0982. The maximum absolute atomic E-state index is 10.7. The fraction of sp³-hybridized carbons (Fsp3) is 0.515. The van der Waals surface area contributed by atoms with Crippen LogP contribution >= 0.6 is 0 Å². The van der Waals surface area contributed by atoms with E-state index in [-0.39, 0.29) is 17.8 Å². The molecular weight excluding hydrogens is 582 g/mol. The third-order valence-electron chi connectivity index (χ3n) is 9.83. The maximum Gasteiger partial charge on any atom is 0.158 e. The molecule has 3 aromatic heterocycles. The Morgan fingerprint density at radius 3 is 2.35 bits per heavy atom. The summed E-state index contributed by atoms with van der Waals surface area (Å²) in [6, 6.07) is 11.0. The Morgan fingerprint density at radius 2 is 1.63 bits per heavy atom. The number of aromatic amines is 1. The number of hydrogen-bond acceptors (Lipinski definition) is 12. The first-order valence-corrected chi connectivity index (χ1v) is 16.5. The van der Waals surface area contributed by atoms with Gasteiger partial charge in [0, 0.05) is 74.5 Å². The number of anilines is 4. The van der Waals surface area contributed by atoms with Gasteiger partial charge in [-0.05, 0) is 75.9 Å². The number of pyridine rings is 1. The molecule has 13 nitrogen and oxygen atoms in total. The molecule has 0 radical (unpaired) electrons. The van der Waals surface area contributed by atoms with Crippen molar-refractivity contribution in [2.75, 3.05) is 61.8 Å². The number of H-pyrrole nitrogens is 1. The molecule has 2 aliphatic heterocycles. The maximum atomic E-state index is 10.7. The highest BCUT2D eigenvalue weighted by Gasteiger charge is 2.28. The predicted octanol–water partition coefficient (Wildman–Crippen LogP) is 3.04. The number of aliphatic hydroxyl groups excluding tert-OH is 2. The second-order valence-electron chi connectivity index (χ2n) is 12.9. The van der Waals surface area contributed by atoms with Gasteiger partial charge in [-0.2, -0.15) is 0 Å². The van der Waals surface area contributed by atoms with E-state index in [1.807, 2.05) is 18.2 Å². The number of aromatic nitrogens is 5. The van der Waals surface area contributed by atoms with Gasteiger partial charge in [0.25, 0.3) is 0 Å². The number of likely N-dealkylation sites (N-methyl/N-ethyl adjacent to an activating group) is 1. The summed E-state index contributed by atoms with van der Waals surface area (Å²) in [5.74, 6) is 0.939.